The minimum absolute atomic E-state index is 0.267. The summed E-state index contributed by atoms with van der Waals surface area (Å²) in [6, 6.07) is 10.6. The third-order valence-electron chi connectivity index (χ3n) is 3.49. The Bertz CT molecular complexity index is 716. The van der Waals surface area contributed by atoms with Crippen molar-refractivity contribution in [3.8, 4) is 0 Å². The summed E-state index contributed by atoms with van der Waals surface area (Å²) in [5.74, 6) is -1.33. The van der Waals surface area contributed by atoms with E-state index in [2.05, 4.69) is 5.43 Å². The molecule has 3 rings (SSSR count). The van der Waals surface area contributed by atoms with Crippen LogP contribution < -0.4 is 5.43 Å². The fourth-order valence-electron chi connectivity index (χ4n) is 2.54. The van der Waals surface area contributed by atoms with Crippen LogP contribution in [0.5, 0.6) is 0 Å². The molecular weight excluding hydrogens is 268 g/mol. The number of amides is 3. The predicted molar refractivity (Wildman–Crippen MR) is 77.5 cm³/mol. The van der Waals surface area contributed by atoms with Gasteiger partial charge in [0.25, 0.3) is 11.8 Å². The molecule has 3 amide bonds. The van der Waals surface area contributed by atoms with Gasteiger partial charge in [-0.25, -0.2) is 0 Å². The van der Waals surface area contributed by atoms with Gasteiger partial charge in [0.2, 0.25) is 5.91 Å². The Kier molecular flexibility index (Phi) is 3.17. The molecule has 1 N–H and O–H groups in total. The largest absolute Gasteiger partial charge is 0.280 e. The van der Waals surface area contributed by atoms with Gasteiger partial charge in [-0.15, -0.1) is 0 Å². The number of hydrogen-bond acceptors (Lipinski definition) is 3. The van der Waals surface area contributed by atoms with Crippen molar-refractivity contribution in [1.82, 2.24) is 10.4 Å². The first-order valence-corrected chi connectivity index (χ1v) is 6.83. The molecule has 1 aliphatic rings. The normalized spacial score (nSPS) is 13.7. The maximum atomic E-state index is 12.4. The number of carbonyl (C=O) groups is 3. The molecule has 0 saturated carbocycles. The van der Waals surface area contributed by atoms with E-state index in [4.69, 9.17) is 0 Å². The van der Waals surface area contributed by atoms with Crippen molar-refractivity contribution >= 4 is 28.5 Å². The van der Waals surface area contributed by atoms with Gasteiger partial charge >= 0.3 is 0 Å². The van der Waals surface area contributed by atoms with Gasteiger partial charge < -0.3 is 0 Å². The molecule has 5 heteroatoms. The molecule has 0 saturated heterocycles. The van der Waals surface area contributed by atoms with Crippen LogP contribution in [-0.4, -0.2) is 22.7 Å². The van der Waals surface area contributed by atoms with Crippen LogP contribution in [0.3, 0.4) is 0 Å². The van der Waals surface area contributed by atoms with E-state index in [0.29, 0.717) is 22.9 Å². The monoisotopic (exact) mass is 282 g/mol. The molecule has 5 nitrogen and oxygen atoms in total. The Labute approximate surface area is 121 Å². The van der Waals surface area contributed by atoms with Crippen molar-refractivity contribution in [3.63, 3.8) is 0 Å². The average molecular weight is 282 g/mol. The highest BCUT2D eigenvalue weighted by molar-refractivity contribution is 6.25. The summed E-state index contributed by atoms with van der Waals surface area (Å²) in [6.45, 7) is 1.86. The SMILES string of the molecule is CCCC(=O)NN1C(=O)c2cccc3cccc(c23)C1=O. The van der Waals surface area contributed by atoms with Gasteiger partial charge in [0.15, 0.2) is 0 Å². The van der Waals surface area contributed by atoms with Crippen molar-refractivity contribution < 1.29 is 14.4 Å². The molecule has 2 aromatic rings. The molecule has 0 bridgehead atoms. The van der Waals surface area contributed by atoms with Crippen molar-refractivity contribution in [2.75, 3.05) is 0 Å². The van der Waals surface area contributed by atoms with Gasteiger partial charge in [0, 0.05) is 11.8 Å². The van der Waals surface area contributed by atoms with Gasteiger partial charge in [-0.3, -0.25) is 19.8 Å². The number of nitrogens with one attached hydrogen (secondary N) is 1. The number of rotatable bonds is 3. The second-order valence-electron chi connectivity index (χ2n) is 4.94. The molecule has 106 valence electrons. The van der Waals surface area contributed by atoms with Crippen molar-refractivity contribution in [1.29, 1.82) is 0 Å². The first-order valence-electron chi connectivity index (χ1n) is 6.83. The zero-order chi connectivity index (χ0) is 15.0. The van der Waals surface area contributed by atoms with E-state index < -0.39 is 11.8 Å². The summed E-state index contributed by atoms with van der Waals surface area (Å²) in [5.41, 5.74) is 3.26. The minimum atomic E-state index is -0.492. The Morgan fingerprint density at radius 1 is 1.05 bits per heavy atom. The lowest BCUT2D eigenvalue weighted by Gasteiger charge is -2.27. The maximum Gasteiger partial charge on any atom is 0.280 e. The van der Waals surface area contributed by atoms with E-state index in [1.165, 1.54) is 0 Å². The zero-order valence-electron chi connectivity index (χ0n) is 11.6. The van der Waals surface area contributed by atoms with Crippen LogP contribution in [0.15, 0.2) is 36.4 Å². The van der Waals surface area contributed by atoms with Gasteiger partial charge in [-0.1, -0.05) is 31.2 Å². The molecule has 21 heavy (non-hydrogen) atoms. The highest BCUT2D eigenvalue weighted by Gasteiger charge is 2.33. The Balaban J connectivity index is 2.09. The van der Waals surface area contributed by atoms with Crippen LogP contribution in [0.4, 0.5) is 0 Å². The number of hydrogen-bond donors (Lipinski definition) is 1. The molecular formula is C16H14N2O3. The van der Waals surface area contributed by atoms with E-state index in [1.807, 2.05) is 19.1 Å². The van der Waals surface area contributed by atoms with Gasteiger partial charge in [0.1, 0.15) is 0 Å². The maximum absolute atomic E-state index is 12.4. The topological polar surface area (TPSA) is 66.5 Å². The van der Waals surface area contributed by atoms with Gasteiger partial charge in [-0.05, 0) is 23.9 Å². The molecule has 2 aromatic carbocycles. The van der Waals surface area contributed by atoms with Crippen molar-refractivity contribution in [2.24, 2.45) is 0 Å². The lowest BCUT2D eigenvalue weighted by atomic mass is 9.95. The average Bonchev–Trinajstić information content (AvgIpc) is 2.49. The second-order valence-corrected chi connectivity index (χ2v) is 4.94. The third kappa shape index (κ3) is 2.07. The smallest absolute Gasteiger partial charge is 0.273 e. The second kappa shape index (κ2) is 5.01. The molecule has 0 aliphatic carbocycles. The zero-order valence-corrected chi connectivity index (χ0v) is 11.6. The molecule has 1 heterocycles. The molecule has 0 spiro atoms. The molecule has 0 radical (unpaired) electrons. The Morgan fingerprint density at radius 2 is 1.62 bits per heavy atom. The summed E-state index contributed by atoms with van der Waals surface area (Å²) < 4.78 is 0. The van der Waals surface area contributed by atoms with E-state index in [-0.39, 0.29) is 12.3 Å². The van der Waals surface area contributed by atoms with Crippen molar-refractivity contribution in [3.05, 3.63) is 47.5 Å². The summed E-state index contributed by atoms with van der Waals surface area (Å²) >= 11 is 0. The third-order valence-corrected chi connectivity index (χ3v) is 3.49. The molecule has 0 unspecified atom stereocenters. The quantitative estimate of drug-likeness (QED) is 0.878. The van der Waals surface area contributed by atoms with Crippen molar-refractivity contribution in [2.45, 2.75) is 19.8 Å². The van der Waals surface area contributed by atoms with Crippen LogP contribution >= 0.6 is 0 Å². The van der Waals surface area contributed by atoms with Gasteiger partial charge in [0.05, 0.1) is 11.1 Å². The molecule has 0 aromatic heterocycles. The van der Waals surface area contributed by atoms with Gasteiger partial charge in [-0.2, -0.15) is 5.01 Å². The number of hydrazine groups is 1. The van der Waals surface area contributed by atoms with Crippen LogP contribution in [0.2, 0.25) is 0 Å². The van der Waals surface area contributed by atoms with E-state index in [9.17, 15) is 14.4 Å². The summed E-state index contributed by atoms with van der Waals surface area (Å²) in [7, 11) is 0. The Morgan fingerprint density at radius 3 is 2.14 bits per heavy atom. The first-order chi connectivity index (χ1) is 10.1. The number of benzene rings is 2. The first kappa shape index (κ1) is 13.3. The number of carbonyl (C=O) groups excluding carboxylic acids is 3. The number of imide groups is 1. The number of nitrogens with zero attached hydrogens (tertiary/aromatic N) is 1. The van der Waals surface area contributed by atoms with E-state index >= 15 is 0 Å². The highest BCUT2D eigenvalue weighted by atomic mass is 16.2. The van der Waals surface area contributed by atoms with E-state index in [0.717, 1.165) is 10.4 Å². The molecule has 0 fully saturated rings. The standard InChI is InChI=1S/C16H14N2O3/c1-2-5-13(19)17-18-15(20)11-8-3-6-10-7-4-9-12(14(10)11)16(18)21/h3-4,6-9H,2,5H2,1H3,(H,17,19). The minimum Gasteiger partial charge on any atom is -0.273 e. The summed E-state index contributed by atoms with van der Waals surface area (Å²) in [4.78, 5) is 36.6. The lowest BCUT2D eigenvalue weighted by Crippen LogP contribution is -2.51. The highest BCUT2D eigenvalue weighted by Crippen LogP contribution is 2.29. The van der Waals surface area contributed by atoms with Crippen LogP contribution in [-0.2, 0) is 4.79 Å². The predicted octanol–water partition coefficient (Wildman–Crippen LogP) is 2.27. The molecule has 1 aliphatic heterocycles. The van der Waals surface area contributed by atoms with Crippen LogP contribution in [0, 0.1) is 0 Å². The van der Waals surface area contributed by atoms with Crippen LogP contribution in [0.1, 0.15) is 40.5 Å². The van der Waals surface area contributed by atoms with Crippen LogP contribution in [0.25, 0.3) is 10.8 Å². The lowest BCUT2D eigenvalue weighted by molar-refractivity contribution is -0.124. The fourth-order valence-corrected chi connectivity index (χ4v) is 2.54. The fraction of sp³-hybridized carbons (Fsp3) is 0.188. The van der Waals surface area contributed by atoms with E-state index in [1.54, 1.807) is 24.3 Å². The summed E-state index contributed by atoms with van der Waals surface area (Å²) in [5, 5.41) is 2.30. The molecule has 0 atom stereocenters. The Hall–Kier alpha value is -2.69. The summed E-state index contributed by atoms with van der Waals surface area (Å²) in [6.07, 6.45) is 0.914.